The predicted molar refractivity (Wildman–Crippen MR) is 272 cm³/mol. The van der Waals surface area contributed by atoms with E-state index in [4.69, 9.17) is 0 Å². The van der Waals surface area contributed by atoms with Crippen LogP contribution >= 0.6 is 0 Å². The summed E-state index contributed by atoms with van der Waals surface area (Å²) in [5.74, 6) is -1.58. The zero-order chi connectivity index (χ0) is 53.8. The lowest BCUT2D eigenvalue weighted by molar-refractivity contribution is 0.226. The van der Waals surface area contributed by atoms with Gasteiger partial charge >= 0.3 is 0 Å². The fraction of sp³-hybridized carbons (Fsp3) is 0.524. The zero-order valence-corrected chi connectivity index (χ0v) is 43.0. The lowest BCUT2D eigenvalue weighted by atomic mass is 10.1. The molecule has 32 heteroatoms. The Hall–Kier alpha value is -5.52. The number of nitrogens with one attached hydrogen (secondary N) is 4. The number of aromatic nitrogens is 6. The Balaban J connectivity index is 1.29. The molecular weight excluding hydrogens is 1060 g/mol. The van der Waals surface area contributed by atoms with E-state index in [0.717, 1.165) is 50.0 Å². The first-order valence-electron chi connectivity index (χ1n) is 23.2. The van der Waals surface area contributed by atoms with Gasteiger partial charge in [0.25, 0.3) is 40.5 Å². The van der Waals surface area contributed by atoms with Crippen molar-refractivity contribution in [1.82, 2.24) is 29.9 Å². The van der Waals surface area contributed by atoms with Crippen LogP contribution in [0.4, 0.5) is 47.1 Å². The van der Waals surface area contributed by atoms with Crippen LogP contribution in [-0.4, -0.2) is 179 Å². The highest BCUT2D eigenvalue weighted by Gasteiger charge is 2.29. The van der Waals surface area contributed by atoms with Crippen molar-refractivity contribution in [3.8, 4) is 0 Å². The molecule has 2 saturated carbocycles. The number of aliphatic hydroxyl groups is 4. The smallest absolute Gasteiger partial charge is 0.295 e. The van der Waals surface area contributed by atoms with Crippen LogP contribution in [0.25, 0.3) is 12.2 Å². The molecule has 0 radical (unpaired) electrons. The highest BCUT2D eigenvalue weighted by molar-refractivity contribution is 7.86. The number of rotatable bonds is 28. The molecule has 28 nitrogen and oxygen atoms in total. The number of hydrogen-bond donors (Lipinski definition) is 12. The third-order valence-electron chi connectivity index (χ3n) is 12.1. The maximum Gasteiger partial charge on any atom is 0.295 e. The second-order valence-electron chi connectivity index (χ2n) is 17.8. The van der Waals surface area contributed by atoms with Crippen LogP contribution in [0.2, 0.25) is 0 Å². The molecule has 12 N–H and O–H groups in total. The normalized spacial score (nSPS) is 18.4. The number of nitrogens with zero attached hydrogens (tertiary/aromatic N) is 8. The number of hydrogen-bond acceptors (Lipinski definition) is 24. The molecule has 408 valence electrons. The topological polar surface area (TPSA) is 430 Å². The summed E-state index contributed by atoms with van der Waals surface area (Å²) < 4.78 is 136. The summed E-state index contributed by atoms with van der Waals surface area (Å²) in [5, 5.41) is 50.3. The molecule has 0 amide bonds. The fourth-order valence-corrected chi connectivity index (χ4v) is 10.8. The second-order valence-corrected chi connectivity index (χ2v) is 23.7. The molecule has 0 spiro atoms. The molecule has 2 aromatic heterocycles. The molecule has 0 aliphatic heterocycles. The predicted octanol–water partition coefficient (Wildman–Crippen LogP) is 1.22. The van der Waals surface area contributed by atoms with Gasteiger partial charge in [0.1, 0.15) is 9.79 Å². The largest absolute Gasteiger partial charge is 0.396 e. The van der Waals surface area contributed by atoms with Crippen molar-refractivity contribution < 1.29 is 72.3 Å². The highest BCUT2D eigenvalue weighted by Crippen LogP contribution is 2.34. The van der Waals surface area contributed by atoms with Crippen molar-refractivity contribution in [1.29, 1.82) is 0 Å². The Bertz CT molecular complexity index is 2870. The third kappa shape index (κ3) is 17.5. The summed E-state index contributed by atoms with van der Waals surface area (Å²) in [4.78, 5) is 28.2. The molecule has 2 heterocycles. The maximum atomic E-state index is 12.8. The van der Waals surface area contributed by atoms with Crippen molar-refractivity contribution >= 4 is 99.7 Å². The molecule has 0 bridgehead atoms. The van der Waals surface area contributed by atoms with Crippen molar-refractivity contribution in [2.24, 2.45) is 23.7 Å². The number of anilines is 8. The molecule has 2 aliphatic carbocycles. The molecule has 4 aromatic rings. The van der Waals surface area contributed by atoms with Gasteiger partial charge in [-0.1, -0.05) is 24.3 Å². The van der Waals surface area contributed by atoms with Crippen LogP contribution in [-0.2, 0) is 40.5 Å². The Kier molecular flexibility index (Phi) is 19.8. The van der Waals surface area contributed by atoms with E-state index in [1.54, 1.807) is 9.80 Å². The second kappa shape index (κ2) is 25.3. The molecule has 74 heavy (non-hydrogen) atoms. The summed E-state index contributed by atoms with van der Waals surface area (Å²) in [5.41, 5.74) is -0.291. The zero-order valence-electron chi connectivity index (χ0n) is 39.7. The van der Waals surface area contributed by atoms with Gasteiger partial charge in [-0.25, -0.2) is 0 Å². The molecule has 4 unspecified atom stereocenters. The van der Waals surface area contributed by atoms with Crippen LogP contribution in [0, 0.1) is 23.7 Å². The van der Waals surface area contributed by atoms with Gasteiger partial charge < -0.3 is 51.5 Å². The lowest BCUT2D eigenvalue weighted by Crippen LogP contribution is -2.33. The van der Waals surface area contributed by atoms with Gasteiger partial charge in [-0.2, -0.15) is 63.6 Å². The Morgan fingerprint density at radius 2 is 0.878 bits per heavy atom. The average molecular weight is 1120 g/mol. The standard InChI is InChI=1S/C42H60N12O16S4/c55-15-13-53(23-27-1-3-29(19-27)25-57)41-49-37(43-11-17-71(59,60)61)47-39(51-41)45-33-9-7-31(35(21-33)73(65,66)67)5-6-32-8-10-34(22-36(32)74(68,69)70)46-40-48-38(44-12-18-72(62,63)64)50-42(52-40)54(14-16-56)24-28-2-4-30(20-28)26-58/h5-10,21-22,27-30,55-58H,1-4,11-20,23-26H2,(H,59,60,61)(H,62,63,64)(H,65,66,67)(H,68,69,70)(H2,43,45,47,49,51)(H2,44,46,48,50,52)/b6-5+. The minimum atomic E-state index is -5.02. The van der Waals surface area contributed by atoms with Gasteiger partial charge in [-0.3, -0.25) is 18.2 Å². The molecule has 4 atom stereocenters. The summed E-state index contributed by atoms with van der Waals surface area (Å²) in [6.45, 7) is -0.309. The van der Waals surface area contributed by atoms with Crippen molar-refractivity contribution in [3.63, 3.8) is 0 Å². The average Bonchev–Trinajstić information content (AvgIpc) is 3.99. The van der Waals surface area contributed by atoms with E-state index < -0.39 is 61.8 Å². The van der Waals surface area contributed by atoms with Crippen LogP contribution in [0.15, 0.2) is 46.2 Å². The lowest BCUT2D eigenvalue weighted by Gasteiger charge is -2.26. The van der Waals surface area contributed by atoms with Gasteiger partial charge in [0.15, 0.2) is 0 Å². The summed E-state index contributed by atoms with van der Waals surface area (Å²) in [6, 6.07) is 7.30. The highest BCUT2D eigenvalue weighted by atomic mass is 32.2. The first-order valence-corrected chi connectivity index (χ1v) is 29.3. The Morgan fingerprint density at radius 1 is 0.514 bits per heavy atom. The third-order valence-corrected chi connectivity index (χ3v) is 15.4. The van der Waals surface area contributed by atoms with Crippen molar-refractivity contribution in [2.75, 3.05) is 108 Å². The van der Waals surface area contributed by atoms with E-state index in [-0.39, 0.29) is 134 Å². The van der Waals surface area contributed by atoms with Gasteiger partial charge in [-0.05, 0) is 97.6 Å². The van der Waals surface area contributed by atoms with Crippen LogP contribution in [0.1, 0.15) is 49.7 Å². The first-order chi connectivity index (χ1) is 34.9. The van der Waals surface area contributed by atoms with Crippen molar-refractivity contribution in [3.05, 3.63) is 47.5 Å². The first kappa shape index (κ1) is 57.8. The minimum Gasteiger partial charge on any atom is -0.396 e. The van der Waals surface area contributed by atoms with Crippen LogP contribution in [0.5, 0.6) is 0 Å². The van der Waals surface area contributed by atoms with Gasteiger partial charge in [0.2, 0.25) is 35.7 Å². The van der Waals surface area contributed by atoms with Gasteiger partial charge in [-0.15, -0.1) is 0 Å². The molecule has 2 aliphatic rings. The van der Waals surface area contributed by atoms with Crippen LogP contribution in [0.3, 0.4) is 0 Å². The van der Waals surface area contributed by atoms with Crippen molar-refractivity contribution in [2.45, 2.75) is 48.3 Å². The number of benzene rings is 2. The summed E-state index contributed by atoms with van der Waals surface area (Å²) in [6.07, 6.45) is 6.91. The monoisotopic (exact) mass is 1120 g/mol. The molecular formula is C42H60N12O16S4. The van der Waals surface area contributed by atoms with E-state index in [1.807, 2.05) is 0 Å². The fourth-order valence-electron chi connectivity index (χ4n) is 8.68. The van der Waals surface area contributed by atoms with E-state index in [9.17, 15) is 72.3 Å². The summed E-state index contributed by atoms with van der Waals surface area (Å²) in [7, 11) is -18.8. The van der Waals surface area contributed by atoms with E-state index >= 15 is 0 Å². The molecule has 0 saturated heterocycles. The van der Waals surface area contributed by atoms with Gasteiger partial charge in [0.05, 0.1) is 24.7 Å². The van der Waals surface area contributed by atoms with E-state index in [2.05, 4.69) is 51.2 Å². The quantitative estimate of drug-likeness (QED) is 0.0281. The van der Waals surface area contributed by atoms with E-state index in [1.165, 1.54) is 24.3 Å². The Labute approximate surface area is 427 Å². The van der Waals surface area contributed by atoms with E-state index in [0.29, 0.717) is 25.9 Å². The Morgan fingerprint density at radius 3 is 1.20 bits per heavy atom. The SMILES string of the molecule is O=S(=O)(O)CCNc1nc(Nc2ccc(/C=C/c3ccc(Nc4nc(NCCS(=O)(=O)O)nc(N(CCO)CC5CCC(CO)C5)n4)cc3S(=O)(=O)O)c(S(=O)(=O)O)c2)nc(N(CCO)CC2CCC(CO)C2)n1. The number of aliphatic hydroxyl groups excluding tert-OH is 4. The minimum absolute atomic E-state index is 0.00628. The molecule has 2 aromatic carbocycles. The molecule has 6 rings (SSSR count). The van der Waals surface area contributed by atoms with Crippen LogP contribution < -0.4 is 31.1 Å². The van der Waals surface area contributed by atoms with Gasteiger partial charge in [0, 0.05) is 63.9 Å². The maximum absolute atomic E-state index is 12.8. The molecule has 2 fully saturated rings. The summed E-state index contributed by atoms with van der Waals surface area (Å²) >= 11 is 0.